The number of nitrogens with two attached hydrogens (primary N) is 1. The SMILES string of the molecule is Cc1cc(C#N)cc(C)c1OCCc1ccccc1N. The lowest BCUT2D eigenvalue weighted by atomic mass is 10.1. The van der Waals surface area contributed by atoms with Crippen LogP contribution in [0.5, 0.6) is 5.75 Å². The van der Waals surface area contributed by atoms with Crippen LogP contribution >= 0.6 is 0 Å². The van der Waals surface area contributed by atoms with Crippen molar-refractivity contribution in [3.05, 3.63) is 58.7 Å². The smallest absolute Gasteiger partial charge is 0.125 e. The minimum absolute atomic E-state index is 0.571. The molecule has 102 valence electrons. The van der Waals surface area contributed by atoms with Gasteiger partial charge < -0.3 is 10.5 Å². The molecule has 0 spiro atoms. The molecule has 0 aliphatic heterocycles. The highest BCUT2D eigenvalue weighted by Crippen LogP contribution is 2.25. The van der Waals surface area contributed by atoms with Crippen LogP contribution in [-0.4, -0.2) is 6.61 Å². The van der Waals surface area contributed by atoms with Gasteiger partial charge in [0, 0.05) is 12.1 Å². The Morgan fingerprint density at radius 1 is 1.15 bits per heavy atom. The number of nitrogen functional groups attached to an aromatic ring is 1. The molecule has 0 aliphatic carbocycles. The molecule has 0 saturated carbocycles. The third-order valence-corrected chi connectivity index (χ3v) is 3.26. The van der Waals surface area contributed by atoms with Crippen molar-refractivity contribution in [2.45, 2.75) is 20.3 Å². The highest BCUT2D eigenvalue weighted by atomic mass is 16.5. The second-order valence-electron chi connectivity index (χ2n) is 4.85. The molecule has 3 heteroatoms. The van der Waals surface area contributed by atoms with E-state index < -0.39 is 0 Å². The zero-order valence-electron chi connectivity index (χ0n) is 11.8. The summed E-state index contributed by atoms with van der Waals surface area (Å²) < 4.78 is 5.86. The zero-order valence-corrected chi connectivity index (χ0v) is 11.8. The molecule has 2 N–H and O–H groups in total. The molecule has 2 rings (SSSR count). The number of nitrogens with zero attached hydrogens (tertiary/aromatic N) is 1. The van der Waals surface area contributed by atoms with E-state index in [1.807, 2.05) is 50.2 Å². The van der Waals surface area contributed by atoms with Crippen molar-refractivity contribution in [1.29, 1.82) is 5.26 Å². The number of hydrogen-bond acceptors (Lipinski definition) is 3. The number of anilines is 1. The van der Waals surface area contributed by atoms with E-state index in [1.165, 1.54) is 0 Å². The van der Waals surface area contributed by atoms with Gasteiger partial charge in [-0.2, -0.15) is 5.26 Å². The van der Waals surface area contributed by atoms with E-state index in [-0.39, 0.29) is 0 Å². The summed E-state index contributed by atoms with van der Waals surface area (Å²) in [5.74, 6) is 0.860. The molecule has 0 unspecified atom stereocenters. The van der Waals surface area contributed by atoms with Crippen LogP contribution in [0.15, 0.2) is 36.4 Å². The number of aryl methyl sites for hydroxylation is 2. The minimum Gasteiger partial charge on any atom is -0.493 e. The second-order valence-corrected chi connectivity index (χ2v) is 4.85. The van der Waals surface area contributed by atoms with Gasteiger partial charge in [-0.3, -0.25) is 0 Å². The third-order valence-electron chi connectivity index (χ3n) is 3.26. The molecule has 3 nitrogen and oxygen atoms in total. The van der Waals surface area contributed by atoms with Crippen molar-refractivity contribution < 1.29 is 4.74 Å². The monoisotopic (exact) mass is 266 g/mol. The number of benzene rings is 2. The Morgan fingerprint density at radius 3 is 2.40 bits per heavy atom. The van der Waals surface area contributed by atoms with E-state index in [9.17, 15) is 0 Å². The fourth-order valence-electron chi connectivity index (χ4n) is 2.27. The van der Waals surface area contributed by atoms with Crippen LogP contribution in [0.1, 0.15) is 22.3 Å². The van der Waals surface area contributed by atoms with Gasteiger partial charge in [0.1, 0.15) is 5.75 Å². The first-order valence-electron chi connectivity index (χ1n) is 6.59. The van der Waals surface area contributed by atoms with Crippen LogP contribution in [0, 0.1) is 25.2 Å². The Bertz CT molecular complexity index is 633. The Hall–Kier alpha value is -2.47. The van der Waals surface area contributed by atoms with Crippen molar-refractivity contribution >= 4 is 5.69 Å². The average molecular weight is 266 g/mol. The van der Waals surface area contributed by atoms with Gasteiger partial charge in [-0.25, -0.2) is 0 Å². The van der Waals surface area contributed by atoms with Crippen molar-refractivity contribution in [3.8, 4) is 11.8 Å². The van der Waals surface area contributed by atoms with Gasteiger partial charge in [0.25, 0.3) is 0 Å². The molecular weight excluding hydrogens is 248 g/mol. The predicted octanol–water partition coefficient (Wildman–Crippen LogP) is 3.38. The Kier molecular flexibility index (Phi) is 4.27. The van der Waals surface area contributed by atoms with Crippen LogP contribution < -0.4 is 10.5 Å². The van der Waals surface area contributed by atoms with Crippen molar-refractivity contribution in [3.63, 3.8) is 0 Å². The highest BCUT2D eigenvalue weighted by Gasteiger charge is 2.07. The number of hydrogen-bond donors (Lipinski definition) is 1. The molecule has 0 aromatic heterocycles. The maximum Gasteiger partial charge on any atom is 0.125 e. The first-order valence-corrected chi connectivity index (χ1v) is 6.59. The van der Waals surface area contributed by atoms with Gasteiger partial charge in [0.15, 0.2) is 0 Å². The molecule has 0 fully saturated rings. The Labute approximate surface area is 119 Å². The summed E-state index contributed by atoms with van der Waals surface area (Å²) in [4.78, 5) is 0. The molecule has 0 aliphatic rings. The topological polar surface area (TPSA) is 59.0 Å². The summed E-state index contributed by atoms with van der Waals surface area (Å²) in [7, 11) is 0. The molecule has 0 saturated heterocycles. The lowest BCUT2D eigenvalue weighted by molar-refractivity contribution is 0.318. The van der Waals surface area contributed by atoms with E-state index in [4.69, 9.17) is 15.7 Å². The van der Waals surface area contributed by atoms with Crippen molar-refractivity contribution in [2.75, 3.05) is 12.3 Å². The zero-order chi connectivity index (χ0) is 14.5. The number of nitriles is 1. The lowest BCUT2D eigenvalue weighted by Crippen LogP contribution is -2.05. The van der Waals surface area contributed by atoms with E-state index in [0.29, 0.717) is 12.2 Å². The fourth-order valence-corrected chi connectivity index (χ4v) is 2.27. The van der Waals surface area contributed by atoms with Gasteiger partial charge in [0.2, 0.25) is 0 Å². The Morgan fingerprint density at radius 2 is 1.80 bits per heavy atom. The number of para-hydroxylation sites is 1. The van der Waals surface area contributed by atoms with Crippen molar-refractivity contribution in [1.82, 2.24) is 0 Å². The van der Waals surface area contributed by atoms with E-state index in [1.54, 1.807) is 0 Å². The second kappa shape index (κ2) is 6.12. The van der Waals surface area contributed by atoms with E-state index in [0.717, 1.165) is 34.5 Å². The Balaban J connectivity index is 2.05. The van der Waals surface area contributed by atoms with Gasteiger partial charge in [-0.1, -0.05) is 18.2 Å². The summed E-state index contributed by atoms with van der Waals surface area (Å²) >= 11 is 0. The summed E-state index contributed by atoms with van der Waals surface area (Å²) in [6.45, 7) is 4.49. The molecule has 0 bridgehead atoms. The van der Waals surface area contributed by atoms with Gasteiger partial charge in [-0.15, -0.1) is 0 Å². The summed E-state index contributed by atoms with van der Waals surface area (Å²) in [5, 5.41) is 8.93. The van der Waals surface area contributed by atoms with Crippen LogP contribution in [0.4, 0.5) is 5.69 Å². The predicted molar refractivity (Wildman–Crippen MR) is 80.7 cm³/mol. The van der Waals surface area contributed by atoms with Gasteiger partial charge in [0.05, 0.1) is 18.2 Å². The summed E-state index contributed by atoms with van der Waals surface area (Å²) in [6.07, 6.45) is 0.769. The standard InChI is InChI=1S/C17H18N2O/c1-12-9-14(11-18)10-13(2)17(12)20-8-7-15-5-3-4-6-16(15)19/h3-6,9-10H,7-8,19H2,1-2H3. The molecular formula is C17H18N2O. The van der Waals surface area contributed by atoms with Crippen LogP contribution in [-0.2, 0) is 6.42 Å². The van der Waals surface area contributed by atoms with Crippen LogP contribution in [0.25, 0.3) is 0 Å². The third kappa shape index (κ3) is 3.10. The normalized spacial score (nSPS) is 10.1. The molecule has 0 atom stereocenters. The van der Waals surface area contributed by atoms with Gasteiger partial charge >= 0.3 is 0 Å². The maximum absolute atomic E-state index is 8.93. The van der Waals surface area contributed by atoms with Gasteiger partial charge in [-0.05, 0) is 48.7 Å². The minimum atomic E-state index is 0.571. The van der Waals surface area contributed by atoms with E-state index in [2.05, 4.69) is 6.07 Å². The largest absolute Gasteiger partial charge is 0.493 e. The summed E-state index contributed by atoms with van der Waals surface area (Å²) in [6, 6.07) is 13.7. The molecule has 0 heterocycles. The number of ether oxygens (including phenoxy) is 1. The summed E-state index contributed by atoms with van der Waals surface area (Å²) in [5.41, 5.74) is 10.4. The quantitative estimate of drug-likeness (QED) is 0.863. The average Bonchev–Trinajstić information content (AvgIpc) is 2.43. The molecule has 0 radical (unpaired) electrons. The first kappa shape index (κ1) is 14.0. The van der Waals surface area contributed by atoms with E-state index >= 15 is 0 Å². The van der Waals surface area contributed by atoms with Crippen molar-refractivity contribution in [2.24, 2.45) is 0 Å². The lowest BCUT2D eigenvalue weighted by Gasteiger charge is -2.13. The highest BCUT2D eigenvalue weighted by molar-refractivity contribution is 5.48. The van der Waals surface area contributed by atoms with Crippen LogP contribution in [0.3, 0.4) is 0 Å². The number of rotatable bonds is 4. The van der Waals surface area contributed by atoms with Crippen LogP contribution in [0.2, 0.25) is 0 Å². The molecule has 0 amide bonds. The molecule has 2 aromatic carbocycles. The first-order chi connectivity index (χ1) is 9.61. The molecule has 2 aromatic rings. The fraction of sp³-hybridized carbons (Fsp3) is 0.235. The molecule has 20 heavy (non-hydrogen) atoms. The maximum atomic E-state index is 8.93.